The molecule has 0 aliphatic heterocycles. The molecule has 0 radical (unpaired) electrons. The summed E-state index contributed by atoms with van der Waals surface area (Å²) in [6.07, 6.45) is 13.4. The van der Waals surface area contributed by atoms with Gasteiger partial charge < -0.3 is 15.2 Å². The standard InChI is InChI=1S/C35H44N2O3S/c1-22-18-25(15-17-31(22)40-2)29-16-14-28(20-30(29)38)33(37-34(39)23-8-4-3-5-9-23)27-13-7-12-26(19-27)32-21-36-35(41-32)24-10-6-11-24/h7,12-13,15,17-19,21,23-24,28-30,33,38H,3-6,8-11,14,16,20H2,1-2H3,(H,37,39). The monoisotopic (exact) mass is 572 g/mol. The number of nitrogens with zero attached hydrogens (tertiary/aromatic N) is 1. The normalized spacial score (nSPS) is 24.4. The van der Waals surface area contributed by atoms with E-state index < -0.39 is 6.10 Å². The van der Waals surface area contributed by atoms with Crippen molar-refractivity contribution in [2.75, 3.05) is 7.11 Å². The van der Waals surface area contributed by atoms with Crippen LogP contribution in [0.4, 0.5) is 0 Å². The van der Waals surface area contributed by atoms with Crippen LogP contribution in [0.3, 0.4) is 0 Å². The number of thiazole rings is 1. The third-order valence-electron chi connectivity index (χ3n) is 9.96. The number of aliphatic hydroxyl groups excluding tert-OH is 1. The second kappa shape index (κ2) is 12.7. The number of ether oxygens (including phenoxy) is 1. The van der Waals surface area contributed by atoms with Crippen molar-refractivity contribution in [3.63, 3.8) is 0 Å². The fourth-order valence-electron chi connectivity index (χ4n) is 7.26. The molecule has 41 heavy (non-hydrogen) atoms. The average molecular weight is 573 g/mol. The largest absolute Gasteiger partial charge is 0.496 e. The lowest BCUT2D eigenvalue weighted by molar-refractivity contribution is -0.127. The van der Waals surface area contributed by atoms with Gasteiger partial charge in [-0.1, -0.05) is 56.0 Å². The topological polar surface area (TPSA) is 71.5 Å². The molecule has 5 nitrogen and oxygen atoms in total. The number of aliphatic hydroxyl groups is 1. The molecule has 3 saturated carbocycles. The number of amides is 1. The van der Waals surface area contributed by atoms with Crippen molar-refractivity contribution in [3.8, 4) is 16.2 Å². The molecule has 218 valence electrons. The highest BCUT2D eigenvalue weighted by atomic mass is 32.1. The Bertz CT molecular complexity index is 1340. The van der Waals surface area contributed by atoms with Crippen molar-refractivity contribution in [2.45, 2.75) is 102 Å². The van der Waals surface area contributed by atoms with Crippen molar-refractivity contribution >= 4 is 17.2 Å². The van der Waals surface area contributed by atoms with Crippen LogP contribution in [0.25, 0.3) is 10.4 Å². The maximum absolute atomic E-state index is 13.6. The van der Waals surface area contributed by atoms with E-state index in [1.165, 1.54) is 46.7 Å². The summed E-state index contributed by atoms with van der Waals surface area (Å²) in [6, 6.07) is 14.9. The lowest BCUT2D eigenvalue weighted by Gasteiger charge is -2.38. The highest BCUT2D eigenvalue weighted by Crippen LogP contribution is 2.44. The summed E-state index contributed by atoms with van der Waals surface area (Å²) < 4.78 is 5.46. The summed E-state index contributed by atoms with van der Waals surface area (Å²) in [5.41, 5.74) is 4.58. The van der Waals surface area contributed by atoms with Crippen molar-refractivity contribution in [3.05, 3.63) is 70.4 Å². The third kappa shape index (κ3) is 6.24. The molecule has 2 aromatic carbocycles. The van der Waals surface area contributed by atoms with E-state index in [-0.39, 0.29) is 29.7 Å². The minimum Gasteiger partial charge on any atom is -0.496 e. The smallest absolute Gasteiger partial charge is 0.223 e. The number of rotatable bonds is 8. The molecule has 6 heteroatoms. The van der Waals surface area contributed by atoms with Gasteiger partial charge in [0.25, 0.3) is 0 Å². The van der Waals surface area contributed by atoms with Crippen LogP contribution in [0, 0.1) is 18.8 Å². The summed E-state index contributed by atoms with van der Waals surface area (Å²) in [7, 11) is 1.70. The van der Waals surface area contributed by atoms with Crippen LogP contribution in [0.1, 0.15) is 110 Å². The van der Waals surface area contributed by atoms with Crippen molar-refractivity contribution in [1.29, 1.82) is 0 Å². The quantitative estimate of drug-likeness (QED) is 0.286. The van der Waals surface area contributed by atoms with Gasteiger partial charge in [0.2, 0.25) is 5.91 Å². The summed E-state index contributed by atoms with van der Waals surface area (Å²) >= 11 is 1.82. The van der Waals surface area contributed by atoms with Crippen LogP contribution in [0.2, 0.25) is 0 Å². The lowest BCUT2D eigenvalue weighted by atomic mass is 9.72. The molecule has 0 bridgehead atoms. The van der Waals surface area contributed by atoms with E-state index in [1.807, 2.05) is 23.6 Å². The van der Waals surface area contributed by atoms with E-state index in [9.17, 15) is 9.90 Å². The summed E-state index contributed by atoms with van der Waals surface area (Å²) in [4.78, 5) is 19.5. The number of aryl methyl sites for hydroxylation is 1. The second-order valence-electron chi connectivity index (χ2n) is 12.6. The van der Waals surface area contributed by atoms with Gasteiger partial charge in [-0.15, -0.1) is 11.3 Å². The number of hydrogen-bond acceptors (Lipinski definition) is 5. The van der Waals surface area contributed by atoms with E-state index in [0.29, 0.717) is 12.3 Å². The highest BCUT2D eigenvalue weighted by Gasteiger charge is 2.37. The van der Waals surface area contributed by atoms with Crippen LogP contribution < -0.4 is 10.1 Å². The number of nitrogens with one attached hydrogen (secondary N) is 1. The van der Waals surface area contributed by atoms with E-state index in [1.54, 1.807) is 7.11 Å². The Morgan fingerprint density at radius 2 is 1.85 bits per heavy atom. The second-order valence-corrected chi connectivity index (χ2v) is 13.7. The Morgan fingerprint density at radius 3 is 2.56 bits per heavy atom. The molecule has 3 fully saturated rings. The van der Waals surface area contributed by atoms with Crippen LogP contribution in [0.5, 0.6) is 5.75 Å². The first-order chi connectivity index (χ1) is 20.0. The number of carbonyl (C=O) groups is 1. The molecular weight excluding hydrogens is 528 g/mol. The zero-order valence-corrected chi connectivity index (χ0v) is 25.3. The van der Waals surface area contributed by atoms with Gasteiger partial charge in [0.15, 0.2) is 0 Å². The van der Waals surface area contributed by atoms with E-state index >= 15 is 0 Å². The number of carbonyl (C=O) groups excluding carboxylic acids is 1. The maximum Gasteiger partial charge on any atom is 0.223 e. The lowest BCUT2D eigenvalue weighted by Crippen LogP contribution is -2.41. The van der Waals surface area contributed by atoms with Crippen LogP contribution >= 0.6 is 11.3 Å². The van der Waals surface area contributed by atoms with E-state index in [0.717, 1.165) is 55.4 Å². The van der Waals surface area contributed by atoms with Gasteiger partial charge in [-0.2, -0.15) is 0 Å². The fourth-order valence-corrected chi connectivity index (χ4v) is 8.35. The summed E-state index contributed by atoms with van der Waals surface area (Å²) in [5.74, 6) is 2.07. The molecule has 3 aromatic rings. The van der Waals surface area contributed by atoms with Gasteiger partial charge in [-0.3, -0.25) is 4.79 Å². The molecule has 3 aliphatic rings. The van der Waals surface area contributed by atoms with Gasteiger partial charge in [0.1, 0.15) is 5.75 Å². The van der Waals surface area contributed by atoms with Crippen LogP contribution in [0.15, 0.2) is 48.7 Å². The first kappa shape index (κ1) is 28.4. The molecule has 4 atom stereocenters. The Balaban J connectivity index is 1.24. The van der Waals surface area contributed by atoms with Crippen LogP contribution in [-0.4, -0.2) is 29.2 Å². The van der Waals surface area contributed by atoms with E-state index in [2.05, 4.69) is 48.6 Å². The molecule has 0 spiro atoms. The number of methoxy groups -OCH3 is 1. The van der Waals surface area contributed by atoms with Gasteiger partial charge in [0, 0.05) is 24.0 Å². The molecule has 1 amide bonds. The van der Waals surface area contributed by atoms with Gasteiger partial charge in [-0.25, -0.2) is 4.98 Å². The average Bonchev–Trinajstić information content (AvgIpc) is 3.45. The van der Waals surface area contributed by atoms with E-state index in [4.69, 9.17) is 9.72 Å². The van der Waals surface area contributed by atoms with Crippen LogP contribution in [-0.2, 0) is 4.79 Å². The number of aromatic nitrogens is 1. The Morgan fingerprint density at radius 1 is 1.02 bits per heavy atom. The van der Waals surface area contributed by atoms with Gasteiger partial charge in [-0.05, 0) is 92.2 Å². The molecular formula is C35H44N2O3S. The van der Waals surface area contributed by atoms with Gasteiger partial charge in [0.05, 0.1) is 29.1 Å². The van der Waals surface area contributed by atoms with Crippen molar-refractivity contribution in [2.24, 2.45) is 11.8 Å². The minimum absolute atomic E-state index is 0.0963. The molecule has 3 aliphatic carbocycles. The minimum atomic E-state index is -0.453. The van der Waals surface area contributed by atoms with Crippen molar-refractivity contribution in [1.82, 2.24) is 10.3 Å². The Hall–Kier alpha value is -2.70. The predicted molar refractivity (Wildman–Crippen MR) is 165 cm³/mol. The fraction of sp³-hybridized carbons (Fsp3) is 0.543. The number of benzene rings is 2. The third-order valence-corrected chi connectivity index (χ3v) is 11.2. The molecule has 6 rings (SSSR count). The Kier molecular flexibility index (Phi) is 8.78. The highest BCUT2D eigenvalue weighted by molar-refractivity contribution is 7.15. The summed E-state index contributed by atoms with van der Waals surface area (Å²) in [5, 5.41) is 16.2. The molecule has 0 saturated heterocycles. The molecule has 2 N–H and O–H groups in total. The first-order valence-corrected chi connectivity index (χ1v) is 16.5. The zero-order valence-electron chi connectivity index (χ0n) is 24.5. The molecule has 1 heterocycles. The number of hydrogen-bond donors (Lipinski definition) is 2. The molecule has 4 unspecified atom stereocenters. The predicted octanol–water partition coefficient (Wildman–Crippen LogP) is 8.08. The van der Waals surface area contributed by atoms with Gasteiger partial charge >= 0.3 is 0 Å². The zero-order chi connectivity index (χ0) is 28.3. The maximum atomic E-state index is 13.6. The molecule has 1 aromatic heterocycles. The Labute approximate surface area is 248 Å². The SMILES string of the molecule is COc1ccc(C2CCC(C(NC(=O)C3CCCCC3)c3cccc(-c4cnc(C5CCC5)s4)c3)CC2O)cc1C. The van der Waals surface area contributed by atoms with Crippen molar-refractivity contribution < 1.29 is 14.6 Å². The first-order valence-electron chi connectivity index (χ1n) is 15.7. The summed E-state index contributed by atoms with van der Waals surface area (Å²) in [6.45, 7) is 2.06.